The maximum atomic E-state index is 11.1. The van der Waals surface area contributed by atoms with E-state index < -0.39 is 9.84 Å². The minimum atomic E-state index is -2.81. The molecule has 0 bridgehead atoms. The van der Waals surface area contributed by atoms with Crippen LogP contribution in [0, 0.1) is 0 Å². The number of nitrogens with zero attached hydrogens (tertiary/aromatic N) is 1. The van der Waals surface area contributed by atoms with Crippen LogP contribution in [-0.4, -0.2) is 50.2 Å². The summed E-state index contributed by atoms with van der Waals surface area (Å²) in [6.45, 7) is 3.25. The third kappa shape index (κ3) is 3.44. The Morgan fingerprint density at radius 3 is 2.31 bits per heavy atom. The SMILES string of the molecule is CCC(=O)CN1CCS(=O)(=O)CC1. The molecule has 0 aromatic rings. The number of sulfone groups is 1. The van der Waals surface area contributed by atoms with Crippen molar-refractivity contribution in [3.8, 4) is 0 Å². The van der Waals surface area contributed by atoms with Crippen molar-refractivity contribution in [2.75, 3.05) is 31.1 Å². The van der Waals surface area contributed by atoms with Gasteiger partial charge in [0.05, 0.1) is 18.1 Å². The summed E-state index contributed by atoms with van der Waals surface area (Å²) >= 11 is 0. The Morgan fingerprint density at radius 1 is 1.31 bits per heavy atom. The lowest BCUT2D eigenvalue weighted by Crippen LogP contribution is -2.42. The van der Waals surface area contributed by atoms with Crippen LogP contribution in [0.3, 0.4) is 0 Å². The summed E-state index contributed by atoms with van der Waals surface area (Å²) in [4.78, 5) is 13.0. The molecule has 1 aliphatic heterocycles. The average Bonchev–Trinajstić information content (AvgIpc) is 2.08. The molecule has 0 aromatic heterocycles. The van der Waals surface area contributed by atoms with Crippen molar-refractivity contribution in [1.29, 1.82) is 0 Å². The minimum absolute atomic E-state index is 0.180. The Balaban J connectivity index is 2.38. The molecule has 1 fully saturated rings. The zero-order chi connectivity index (χ0) is 9.90. The fourth-order valence-electron chi connectivity index (χ4n) is 1.27. The monoisotopic (exact) mass is 205 g/mol. The molecule has 13 heavy (non-hydrogen) atoms. The lowest BCUT2D eigenvalue weighted by atomic mass is 10.3. The van der Waals surface area contributed by atoms with Crippen LogP contribution in [0.25, 0.3) is 0 Å². The van der Waals surface area contributed by atoms with Gasteiger partial charge in [-0.1, -0.05) is 6.92 Å². The van der Waals surface area contributed by atoms with Gasteiger partial charge < -0.3 is 0 Å². The second-order valence-electron chi connectivity index (χ2n) is 3.32. The first-order valence-corrected chi connectivity index (χ1v) is 6.30. The van der Waals surface area contributed by atoms with Crippen LogP contribution in [0.4, 0.5) is 0 Å². The quantitative estimate of drug-likeness (QED) is 0.634. The van der Waals surface area contributed by atoms with Crippen LogP contribution < -0.4 is 0 Å². The highest BCUT2D eigenvalue weighted by Crippen LogP contribution is 2.03. The highest BCUT2D eigenvalue weighted by molar-refractivity contribution is 7.91. The topological polar surface area (TPSA) is 54.5 Å². The maximum Gasteiger partial charge on any atom is 0.152 e. The Bertz CT molecular complexity index is 270. The van der Waals surface area contributed by atoms with Gasteiger partial charge in [-0.05, 0) is 0 Å². The van der Waals surface area contributed by atoms with E-state index in [1.807, 2.05) is 11.8 Å². The molecule has 0 N–H and O–H groups in total. The third-order valence-electron chi connectivity index (χ3n) is 2.23. The van der Waals surface area contributed by atoms with Gasteiger partial charge in [-0.25, -0.2) is 8.42 Å². The fraction of sp³-hybridized carbons (Fsp3) is 0.875. The zero-order valence-electron chi connectivity index (χ0n) is 7.82. The molecule has 0 aliphatic carbocycles. The van der Waals surface area contributed by atoms with Crippen molar-refractivity contribution >= 4 is 15.6 Å². The second kappa shape index (κ2) is 4.19. The Morgan fingerprint density at radius 2 is 1.85 bits per heavy atom. The van der Waals surface area contributed by atoms with Gasteiger partial charge in [0.2, 0.25) is 0 Å². The first-order valence-electron chi connectivity index (χ1n) is 4.48. The lowest BCUT2D eigenvalue weighted by molar-refractivity contribution is -0.119. The molecule has 1 aliphatic rings. The van der Waals surface area contributed by atoms with Gasteiger partial charge >= 0.3 is 0 Å². The van der Waals surface area contributed by atoms with E-state index in [0.29, 0.717) is 26.1 Å². The number of carbonyl (C=O) groups excluding carboxylic acids is 1. The summed E-state index contributed by atoms with van der Waals surface area (Å²) < 4.78 is 22.1. The van der Waals surface area contributed by atoms with E-state index in [4.69, 9.17) is 0 Å². The maximum absolute atomic E-state index is 11.1. The van der Waals surface area contributed by atoms with E-state index >= 15 is 0 Å². The van der Waals surface area contributed by atoms with Gasteiger partial charge in [0, 0.05) is 19.5 Å². The molecule has 5 heteroatoms. The van der Waals surface area contributed by atoms with Crippen LogP contribution in [0.15, 0.2) is 0 Å². The molecule has 4 nitrogen and oxygen atoms in total. The van der Waals surface area contributed by atoms with E-state index in [1.54, 1.807) is 0 Å². The molecular weight excluding hydrogens is 190 g/mol. The van der Waals surface area contributed by atoms with Crippen molar-refractivity contribution in [2.45, 2.75) is 13.3 Å². The number of hydrogen-bond acceptors (Lipinski definition) is 4. The predicted molar refractivity (Wildman–Crippen MR) is 50.4 cm³/mol. The summed E-state index contributed by atoms with van der Waals surface area (Å²) in [5.74, 6) is 0.577. The summed E-state index contributed by atoms with van der Waals surface area (Å²) in [5.41, 5.74) is 0. The van der Waals surface area contributed by atoms with Crippen LogP contribution in [-0.2, 0) is 14.6 Å². The zero-order valence-corrected chi connectivity index (χ0v) is 8.64. The van der Waals surface area contributed by atoms with Gasteiger partial charge in [-0.15, -0.1) is 0 Å². The fourth-order valence-corrected chi connectivity index (χ4v) is 2.55. The van der Waals surface area contributed by atoms with Crippen molar-refractivity contribution in [3.63, 3.8) is 0 Å². The van der Waals surface area contributed by atoms with E-state index in [0.717, 1.165) is 0 Å². The number of Topliss-reactive ketones (excluding diaryl/α,β-unsaturated/α-hetero) is 1. The minimum Gasteiger partial charge on any atom is -0.298 e. The predicted octanol–water partition coefficient (Wildman–Crippen LogP) is -0.304. The van der Waals surface area contributed by atoms with Gasteiger partial charge in [-0.2, -0.15) is 0 Å². The standard InChI is InChI=1S/C8H15NO3S/c1-2-8(10)7-9-3-5-13(11,12)6-4-9/h2-7H2,1H3. The van der Waals surface area contributed by atoms with E-state index in [1.165, 1.54) is 0 Å². The summed E-state index contributed by atoms with van der Waals surface area (Å²) in [5, 5.41) is 0. The van der Waals surface area contributed by atoms with Crippen LogP contribution in [0.5, 0.6) is 0 Å². The highest BCUT2D eigenvalue weighted by atomic mass is 32.2. The average molecular weight is 205 g/mol. The van der Waals surface area contributed by atoms with E-state index in [9.17, 15) is 13.2 Å². The Hall–Kier alpha value is -0.420. The number of carbonyl (C=O) groups is 1. The van der Waals surface area contributed by atoms with Gasteiger partial charge in [0.15, 0.2) is 9.84 Å². The Labute approximate surface area is 78.8 Å². The van der Waals surface area contributed by atoms with Crippen molar-refractivity contribution in [2.24, 2.45) is 0 Å². The molecule has 0 saturated carbocycles. The molecule has 0 aromatic carbocycles. The van der Waals surface area contributed by atoms with E-state index in [-0.39, 0.29) is 17.3 Å². The van der Waals surface area contributed by atoms with Crippen molar-refractivity contribution in [1.82, 2.24) is 4.90 Å². The molecule has 0 spiro atoms. The van der Waals surface area contributed by atoms with Crippen molar-refractivity contribution in [3.05, 3.63) is 0 Å². The molecule has 0 radical (unpaired) electrons. The lowest BCUT2D eigenvalue weighted by Gasteiger charge is -2.25. The molecule has 1 saturated heterocycles. The molecule has 76 valence electrons. The van der Waals surface area contributed by atoms with Crippen LogP contribution >= 0.6 is 0 Å². The molecule has 0 amide bonds. The number of ketones is 1. The molecule has 0 unspecified atom stereocenters. The largest absolute Gasteiger partial charge is 0.298 e. The van der Waals surface area contributed by atoms with Gasteiger partial charge in [0.1, 0.15) is 5.78 Å². The summed E-state index contributed by atoms with van der Waals surface area (Å²) in [6.07, 6.45) is 0.531. The molecule has 1 rings (SSSR count). The second-order valence-corrected chi connectivity index (χ2v) is 5.62. The summed E-state index contributed by atoms with van der Waals surface area (Å²) in [6, 6.07) is 0. The molecule has 1 heterocycles. The highest BCUT2D eigenvalue weighted by Gasteiger charge is 2.22. The first-order chi connectivity index (χ1) is 6.03. The van der Waals surface area contributed by atoms with E-state index in [2.05, 4.69) is 0 Å². The smallest absolute Gasteiger partial charge is 0.152 e. The number of hydrogen-bond donors (Lipinski definition) is 0. The number of rotatable bonds is 3. The van der Waals surface area contributed by atoms with Crippen LogP contribution in [0.1, 0.15) is 13.3 Å². The Kier molecular flexibility index (Phi) is 3.44. The molecular formula is C8H15NO3S. The summed E-state index contributed by atoms with van der Waals surface area (Å²) in [7, 11) is -2.81. The van der Waals surface area contributed by atoms with Crippen molar-refractivity contribution < 1.29 is 13.2 Å². The van der Waals surface area contributed by atoms with Gasteiger partial charge in [0.25, 0.3) is 0 Å². The first kappa shape index (κ1) is 10.7. The third-order valence-corrected chi connectivity index (χ3v) is 3.84. The van der Waals surface area contributed by atoms with Crippen LogP contribution in [0.2, 0.25) is 0 Å². The normalized spacial score (nSPS) is 22.8. The molecule has 0 atom stereocenters. The van der Waals surface area contributed by atoms with Gasteiger partial charge in [-0.3, -0.25) is 9.69 Å².